The van der Waals surface area contributed by atoms with Crippen LogP contribution in [0.2, 0.25) is 0 Å². The van der Waals surface area contributed by atoms with Crippen LogP contribution < -0.4 is 20.1 Å². The highest BCUT2D eigenvalue weighted by Crippen LogP contribution is 2.16. The molecule has 0 radical (unpaired) electrons. The van der Waals surface area contributed by atoms with Gasteiger partial charge in [0.2, 0.25) is 21.8 Å². The molecule has 0 bridgehead atoms. The second-order valence-corrected chi connectivity index (χ2v) is 9.44. The zero-order valence-corrected chi connectivity index (χ0v) is 19.5. The number of amides is 2. The van der Waals surface area contributed by atoms with Crippen LogP contribution in [0.4, 0.5) is 5.69 Å². The van der Waals surface area contributed by atoms with Gasteiger partial charge in [-0.2, -0.15) is 0 Å². The third-order valence-electron chi connectivity index (χ3n) is 4.38. The normalized spacial score (nSPS) is 11.2. The van der Waals surface area contributed by atoms with E-state index in [2.05, 4.69) is 15.4 Å². The Labute approximate surface area is 189 Å². The summed E-state index contributed by atoms with van der Waals surface area (Å²) in [6.07, 6.45) is 0.439. The van der Waals surface area contributed by atoms with Crippen LogP contribution in [0.5, 0.6) is 5.75 Å². The van der Waals surface area contributed by atoms with Crippen LogP contribution in [-0.4, -0.2) is 33.4 Å². The van der Waals surface area contributed by atoms with E-state index in [0.29, 0.717) is 24.5 Å². The van der Waals surface area contributed by atoms with E-state index in [-0.39, 0.29) is 42.1 Å². The summed E-state index contributed by atoms with van der Waals surface area (Å²) in [5.41, 5.74) is 1.50. The Morgan fingerprint density at radius 2 is 1.75 bits per heavy atom. The lowest BCUT2D eigenvalue weighted by molar-refractivity contribution is -0.121. The first-order chi connectivity index (χ1) is 15.2. The van der Waals surface area contributed by atoms with E-state index < -0.39 is 10.0 Å². The maximum atomic E-state index is 12.3. The zero-order valence-electron chi connectivity index (χ0n) is 18.7. The minimum atomic E-state index is -3.71. The molecule has 0 saturated heterocycles. The average Bonchev–Trinajstić information content (AvgIpc) is 2.72. The Morgan fingerprint density at radius 1 is 1.03 bits per heavy atom. The first kappa shape index (κ1) is 25.4. The van der Waals surface area contributed by atoms with Crippen LogP contribution in [0, 0.1) is 5.92 Å². The lowest BCUT2D eigenvalue weighted by Gasteiger charge is -2.10. The quantitative estimate of drug-likeness (QED) is 0.450. The van der Waals surface area contributed by atoms with Crippen LogP contribution in [0.1, 0.15) is 39.2 Å². The van der Waals surface area contributed by atoms with Gasteiger partial charge >= 0.3 is 0 Å². The van der Waals surface area contributed by atoms with E-state index in [1.165, 1.54) is 12.1 Å². The maximum absolute atomic E-state index is 12.3. The minimum absolute atomic E-state index is 0.00107. The summed E-state index contributed by atoms with van der Waals surface area (Å²) in [6.45, 7) is 6.55. The van der Waals surface area contributed by atoms with Crippen molar-refractivity contribution >= 4 is 27.5 Å². The lowest BCUT2D eigenvalue weighted by Crippen LogP contribution is -2.30. The first-order valence-corrected chi connectivity index (χ1v) is 12.1. The van der Waals surface area contributed by atoms with Gasteiger partial charge in [0.05, 0.1) is 11.5 Å². The molecular weight excluding hydrogens is 430 g/mol. The SMILES string of the molecule is CCOc1ccc(S(=O)(=O)NCCC(=O)NCc2cccc(NC(=O)CC(C)C)c2)cc1. The van der Waals surface area contributed by atoms with E-state index in [9.17, 15) is 18.0 Å². The summed E-state index contributed by atoms with van der Waals surface area (Å²) in [7, 11) is -3.71. The van der Waals surface area contributed by atoms with Gasteiger partial charge in [0.25, 0.3) is 0 Å². The molecule has 0 spiro atoms. The summed E-state index contributed by atoms with van der Waals surface area (Å²) < 4.78 is 32.4. The molecule has 0 aliphatic carbocycles. The Bertz CT molecular complexity index is 1000. The van der Waals surface area contributed by atoms with Gasteiger partial charge < -0.3 is 15.4 Å². The highest BCUT2D eigenvalue weighted by molar-refractivity contribution is 7.89. The predicted molar refractivity (Wildman–Crippen MR) is 124 cm³/mol. The highest BCUT2D eigenvalue weighted by Gasteiger charge is 2.14. The molecule has 2 amide bonds. The fourth-order valence-corrected chi connectivity index (χ4v) is 3.93. The number of sulfonamides is 1. The number of benzene rings is 2. The Hall–Kier alpha value is -2.91. The fourth-order valence-electron chi connectivity index (χ4n) is 2.89. The molecule has 32 heavy (non-hydrogen) atoms. The van der Waals surface area contributed by atoms with E-state index in [4.69, 9.17) is 4.74 Å². The number of anilines is 1. The Morgan fingerprint density at radius 3 is 2.41 bits per heavy atom. The zero-order chi connectivity index (χ0) is 23.6. The second-order valence-electron chi connectivity index (χ2n) is 7.68. The van der Waals surface area contributed by atoms with Crippen molar-refractivity contribution in [2.24, 2.45) is 5.92 Å². The van der Waals surface area contributed by atoms with Crippen molar-refractivity contribution in [1.29, 1.82) is 0 Å². The molecule has 8 nitrogen and oxygen atoms in total. The number of carbonyl (C=O) groups excluding carboxylic acids is 2. The molecule has 0 heterocycles. The molecule has 0 aliphatic rings. The number of hydrogen-bond donors (Lipinski definition) is 3. The summed E-state index contributed by atoms with van der Waals surface area (Å²) in [5, 5.41) is 5.60. The van der Waals surface area contributed by atoms with Crippen LogP contribution in [-0.2, 0) is 26.2 Å². The van der Waals surface area contributed by atoms with Gasteiger partial charge in [-0.15, -0.1) is 0 Å². The molecule has 0 aromatic heterocycles. The maximum Gasteiger partial charge on any atom is 0.240 e. The van der Waals surface area contributed by atoms with Crippen molar-refractivity contribution in [1.82, 2.24) is 10.0 Å². The van der Waals surface area contributed by atoms with Gasteiger partial charge in [0.15, 0.2) is 0 Å². The molecule has 0 unspecified atom stereocenters. The molecule has 0 fully saturated rings. The summed E-state index contributed by atoms with van der Waals surface area (Å²) in [5.74, 6) is 0.522. The second kappa shape index (κ2) is 12.2. The molecule has 0 saturated carbocycles. The van der Waals surface area contributed by atoms with Crippen molar-refractivity contribution in [3.63, 3.8) is 0 Å². The molecule has 2 rings (SSSR count). The first-order valence-electron chi connectivity index (χ1n) is 10.6. The van der Waals surface area contributed by atoms with Gasteiger partial charge in [-0.25, -0.2) is 13.1 Å². The van der Waals surface area contributed by atoms with Crippen molar-refractivity contribution in [3.05, 3.63) is 54.1 Å². The van der Waals surface area contributed by atoms with Crippen LogP contribution in [0.3, 0.4) is 0 Å². The average molecular weight is 462 g/mol. The number of ether oxygens (including phenoxy) is 1. The predicted octanol–water partition coefficient (Wildman–Crippen LogP) is 3.05. The van der Waals surface area contributed by atoms with Crippen molar-refractivity contribution in [2.75, 3.05) is 18.5 Å². The van der Waals surface area contributed by atoms with Crippen LogP contribution in [0.25, 0.3) is 0 Å². The molecular formula is C23H31N3O5S. The largest absolute Gasteiger partial charge is 0.494 e. The van der Waals surface area contributed by atoms with E-state index in [1.54, 1.807) is 30.3 Å². The topological polar surface area (TPSA) is 114 Å². The number of nitrogens with one attached hydrogen (secondary N) is 3. The van der Waals surface area contributed by atoms with Crippen LogP contribution >= 0.6 is 0 Å². The molecule has 0 atom stereocenters. The van der Waals surface area contributed by atoms with Gasteiger partial charge in [-0.05, 0) is 54.8 Å². The van der Waals surface area contributed by atoms with Gasteiger partial charge in [0, 0.05) is 31.6 Å². The monoisotopic (exact) mass is 461 g/mol. The minimum Gasteiger partial charge on any atom is -0.494 e. The summed E-state index contributed by atoms with van der Waals surface area (Å²) in [4.78, 5) is 24.1. The van der Waals surface area contributed by atoms with Crippen molar-refractivity contribution in [2.45, 2.75) is 45.1 Å². The Kier molecular flexibility index (Phi) is 9.67. The molecule has 0 aliphatic heterocycles. The standard InChI is InChI=1S/C23H31N3O5S/c1-4-31-20-8-10-21(11-9-20)32(29,30)25-13-12-22(27)24-16-18-6-5-7-19(15-18)26-23(28)14-17(2)3/h5-11,15,17,25H,4,12-14,16H2,1-3H3,(H,24,27)(H,26,28). The number of hydrogen-bond acceptors (Lipinski definition) is 5. The van der Waals surface area contributed by atoms with E-state index in [0.717, 1.165) is 5.56 Å². The van der Waals surface area contributed by atoms with Gasteiger partial charge in [-0.3, -0.25) is 9.59 Å². The fraction of sp³-hybridized carbons (Fsp3) is 0.391. The third kappa shape index (κ3) is 8.68. The molecule has 174 valence electrons. The van der Waals surface area contributed by atoms with Gasteiger partial charge in [0.1, 0.15) is 5.75 Å². The molecule has 2 aromatic rings. The summed E-state index contributed by atoms with van der Waals surface area (Å²) >= 11 is 0. The molecule has 9 heteroatoms. The molecule has 2 aromatic carbocycles. The van der Waals surface area contributed by atoms with Crippen molar-refractivity contribution < 1.29 is 22.7 Å². The van der Waals surface area contributed by atoms with E-state index in [1.807, 2.05) is 26.8 Å². The number of carbonyl (C=O) groups is 2. The van der Waals surface area contributed by atoms with Crippen molar-refractivity contribution in [3.8, 4) is 5.75 Å². The summed E-state index contributed by atoms with van der Waals surface area (Å²) in [6, 6.07) is 13.3. The lowest BCUT2D eigenvalue weighted by atomic mass is 10.1. The van der Waals surface area contributed by atoms with E-state index >= 15 is 0 Å². The molecule has 3 N–H and O–H groups in total. The third-order valence-corrected chi connectivity index (χ3v) is 5.86. The highest BCUT2D eigenvalue weighted by atomic mass is 32.2. The smallest absolute Gasteiger partial charge is 0.240 e. The van der Waals surface area contributed by atoms with Crippen LogP contribution in [0.15, 0.2) is 53.4 Å². The van der Waals surface area contributed by atoms with Gasteiger partial charge in [-0.1, -0.05) is 26.0 Å². The number of rotatable bonds is 12. The Balaban J connectivity index is 1.78.